The van der Waals surface area contributed by atoms with Gasteiger partial charge in [-0.05, 0) is 43.9 Å². The number of anilines is 2. The lowest BCUT2D eigenvalue weighted by molar-refractivity contribution is -0.128. The van der Waals surface area contributed by atoms with Gasteiger partial charge < -0.3 is 24.2 Å². The fourth-order valence-corrected chi connectivity index (χ4v) is 8.02. The highest BCUT2D eigenvalue weighted by Crippen LogP contribution is 2.48. The predicted octanol–water partition coefficient (Wildman–Crippen LogP) is 3.42. The van der Waals surface area contributed by atoms with Gasteiger partial charge in [-0.1, -0.05) is 6.58 Å². The number of fused-ring (bicyclic) bond motifs is 5. The Bertz CT molecular complexity index is 1410. The van der Waals surface area contributed by atoms with E-state index in [1.54, 1.807) is 7.11 Å². The van der Waals surface area contributed by atoms with Gasteiger partial charge in [0.2, 0.25) is 5.91 Å². The second-order valence-electron chi connectivity index (χ2n) is 12.6. The maximum absolute atomic E-state index is 14.5. The topological polar surface area (TPSA) is 74.3 Å². The highest BCUT2D eigenvalue weighted by atomic mass is 19.3. The van der Waals surface area contributed by atoms with E-state index in [1.165, 1.54) is 6.08 Å². The Morgan fingerprint density at radius 3 is 2.77 bits per heavy atom. The summed E-state index contributed by atoms with van der Waals surface area (Å²) in [4.78, 5) is 30.1. The predicted molar refractivity (Wildman–Crippen MR) is 159 cm³/mol. The summed E-state index contributed by atoms with van der Waals surface area (Å²) in [5.74, 6) is 0.636. The molecule has 7 rings (SSSR count). The molecule has 1 amide bonds. The van der Waals surface area contributed by atoms with E-state index < -0.39 is 12.0 Å². The number of rotatable bonds is 6. The maximum atomic E-state index is 14.5. The Hall–Kier alpha value is -3.15. The lowest BCUT2D eigenvalue weighted by Gasteiger charge is -2.56. The third-order valence-corrected chi connectivity index (χ3v) is 10.2. The first-order valence-electron chi connectivity index (χ1n) is 15.4. The highest BCUT2D eigenvalue weighted by molar-refractivity contribution is 5.87. The van der Waals surface area contributed by atoms with Crippen molar-refractivity contribution in [3.8, 4) is 0 Å². The van der Waals surface area contributed by atoms with Gasteiger partial charge >= 0.3 is 0 Å². The monoisotopic (exact) mass is 594 g/mol. The zero-order chi connectivity index (χ0) is 29.9. The Balaban J connectivity index is 1.13. The number of hydrogen-bond acceptors (Lipinski definition) is 8. The molecular formula is C32H40F2N6O3. The van der Waals surface area contributed by atoms with E-state index in [1.807, 2.05) is 23.2 Å². The molecule has 0 aliphatic carbocycles. The number of methoxy groups -OCH3 is 1. The Labute approximate surface area is 251 Å². The van der Waals surface area contributed by atoms with Gasteiger partial charge in [0.25, 0.3) is 6.43 Å². The molecule has 5 aliphatic heterocycles. The minimum atomic E-state index is -2.64. The molecule has 2 aromatic heterocycles. The van der Waals surface area contributed by atoms with Crippen LogP contribution in [-0.2, 0) is 26.3 Å². The molecule has 0 radical (unpaired) electrons. The minimum absolute atomic E-state index is 0.0195. The number of pyridine rings is 2. The number of aromatic nitrogens is 2. The molecule has 9 nitrogen and oxygen atoms in total. The van der Waals surface area contributed by atoms with Crippen LogP contribution in [0, 0.1) is 6.92 Å². The van der Waals surface area contributed by atoms with Gasteiger partial charge in [-0.2, -0.15) is 0 Å². The van der Waals surface area contributed by atoms with E-state index in [0.717, 1.165) is 55.0 Å². The Morgan fingerprint density at radius 1 is 1.26 bits per heavy atom. The molecule has 0 bridgehead atoms. The van der Waals surface area contributed by atoms with E-state index in [2.05, 4.69) is 33.2 Å². The highest BCUT2D eigenvalue weighted by Gasteiger charge is 2.53. The van der Waals surface area contributed by atoms with Crippen molar-refractivity contribution in [2.75, 3.05) is 75.9 Å². The van der Waals surface area contributed by atoms with Crippen LogP contribution in [0.15, 0.2) is 31.0 Å². The Morgan fingerprint density at radius 2 is 2.05 bits per heavy atom. The van der Waals surface area contributed by atoms with Crippen LogP contribution in [0.25, 0.3) is 0 Å². The quantitative estimate of drug-likeness (QED) is 0.472. The summed E-state index contributed by atoms with van der Waals surface area (Å²) < 4.78 is 41.0. The summed E-state index contributed by atoms with van der Waals surface area (Å²) in [6.45, 7) is 11.6. The van der Waals surface area contributed by atoms with Crippen molar-refractivity contribution in [2.45, 2.75) is 56.2 Å². The van der Waals surface area contributed by atoms with Gasteiger partial charge in [0.1, 0.15) is 17.1 Å². The molecule has 2 aromatic rings. The van der Waals surface area contributed by atoms with Crippen molar-refractivity contribution in [3.05, 3.63) is 59.1 Å². The first-order valence-corrected chi connectivity index (χ1v) is 15.4. The molecule has 7 heterocycles. The second-order valence-corrected chi connectivity index (χ2v) is 12.6. The first-order chi connectivity index (χ1) is 20.8. The van der Waals surface area contributed by atoms with Gasteiger partial charge in [0.05, 0.1) is 32.0 Å². The second kappa shape index (κ2) is 11.1. The average molecular weight is 595 g/mol. The summed E-state index contributed by atoms with van der Waals surface area (Å²) in [7, 11) is 1.69. The summed E-state index contributed by atoms with van der Waals surface area (Å²) in [6, 6.07) is 4.67. The van der Waals surface area contributed by atoms with Crippen LogP contribution in [0.4, 0.5) is 20.3 Å². The molecule has 3 fully saturated rings. The number of amides is 1. The number of ether oxygens (including phenoxy) is 2. The largest absolute Gasteiger partial charge is 0.384 e. The molecule has 0 saturated carbocycles. The number of carbonyl (C=O) groups is 1. The molecule has 230 valence electrons. The first kappa shape index (κ1) is 28.6. The van der Waals surface area contributed by atoms with E-state index >= 15 is 0 Å². The van der Waals surface area contributed by atoms with Gasteiger partial charge in [-0.15, -0.1) is 0 Å². The zero-order valence-electron chi connectivity index (χ0n) is 25.0. The molecule has 43 heavy (non-hydrogen) atoms. The van der Waals surface area contributed by atoms with Crippen molar-refractivity contribution in [3.63, 3.8) is 0 Å². The van der Waals surface area contributed by atoms with Crippen molar-refractivity contribution >= 4 is 17.4 Å². The summed E-state index contributed by atoms with van der Waals surface area (Å²) >= 11 is 0. The van der Waals surface area contributed by atoms with Crippen molar-refractivity contribution in [2.24, 2.45) is 0 Å². The average Bonchev–Trinajstić information content (AvgIpc) is 3.11. The van der Waals surface area contributed by atoms with Crippen molar-refractivity contribution in [1.29, 1.82) is 0 Å². The van der Waals surface area contributed by atoms with E-state index in [-0.39, 0.29) is 23.6 Å². The third kappa shape index (κ3) is 4.71. The molecule has 1 spiro atoms. The van der Waals surface area contributed by atoms with Crippen LogP contribution >= 0.6 is 0 Å². The van der Waals surface area contributed by atoms with E-state index in [9.17, 15) is 13.6 Å². The summed E-state index contributed by atoms with van der Waals surface area (Å²) in [6.07, 6.45) is 3.00. The lowest BCUT2D eigenvalue weighted by Crippen LogP contribution is -2.69. The maximum Gasteiger partial charge on any atom is 0.280 e. The van der Waals surface area contributed by atoms with Crippen LogP contribution in [-0.4, -0.2) is 104 Å². The molecule has 3 atom stereocenters. The fourth-order valence-electron chi connectivity index (χ4n) is 8.02. The number of halogens is 2. The van der Waals surface area contributed by atoms with Gasteiger partial charge in [0, 0.05) is 86.9 Å². The minimum Gasteiger partial charge on any atom is -0.384 e. The number of carbonyl (C=O) groups excluding carboxylic acids is 1. The SMILES string of the molecule is C=CC(=O)N1CCN([C@@H]2CN3c4cc(N5CC6(C5)OCC(COC)c5nccc(C)c56)nc(C(F)F)c4CCCC23)CC1. The number of hydrogen-bond donors (Lipinski definition) is 0. The van der Waals surface area contributed by atoms with Crippen LogP contribution in [0.3, 0.4) is 0 Å². The van der Waals surface area contributed by atoms with E-state index in [4.69, 9.17) is 14.5 Å². The number of piperazine rings is 1. The van der Waals surface area contributed by atoms with E-state index in [0.29, 0.717) is 63.2 Å². The van der Waals surface area contributed by atoms with Crippen molar-refractivity contribution < 1.29 is 23.0 Å². The third-order valence-electron chi connectivity index (χ3n) is 10.2. The van der Waals surface area contributed by atoms with Crippen LogP contribution < -0.4 is 9.80 Å². The molecule has 5 aliphatic rings. The fraction of sp³-hybridized carbons (Fsp3) is 0.594. The molecule has 11 heteroatoms. The van der Waals surface area contributed by atoms with Crippen LogP contribution in [0.1, 0.15) is 53.3 Å². The summed E-state index contributed by atoms with van der Waals surface area (Å²) in [5, 5.41) is 0. The number of aryl methyl sites for hydroxylation is 1. The van der Waals surface area contributed by atoms with Gasteiger partial charge in [-0.3, -0.25) is 14.7 Å². The normalized spacial score (nSPS) is 26.3. The summed E-state index contributed by atoms with van der Waals surface area (Å²) in [5.41, 5.74) is 4.22. The standard InChI is InChI=1S/C32H40F2N6O3/c1-4-27(41)38-12-10-37(11-13-38)25-15-40-23(25)7-5-6-22-24(40)14-26(36-30(22)31(33)34)39-18-32(19-39)28-20(2)8-9-35-29(28)21(16-42-3)17-43-32/h4,8-9,14,21,23,25,31H,1,5-7,10-13,15-19H2,2-3H3/t21?,23?,25-/m1/s1. The molecule has 2 unspecified atom stereocenters. The van der Waals surface area contributed by atoms with Gasteiger partial charge in [0.15, 0.2) is 0 Å². The van der Waals surface area contributed by atoms with Crippen LogP contribution in [0.2, 0.25) is 0 Å². The van der Waals surface area contributed by atoms with Crippen molar-refractivity contribution in [1.82, 2.24) is 19.8 Å². The smallest absolute Gasteiger partial charge is 0.280 e. The van der Waals surface area contributed by atoms with Gasteiger partial charge in [-0.25, -0.2) is 13.8 Å². The molecule has 0 N–H and O–H groups in total. The molecule has 3 saturated heterocycles. The van der Waals surface area contributed by atoms with Crippen LogP contribution in [0.5, 0.6) is 0 Å². The zero-order valence-corrected chi connectivity index (χ0v) is 25.0. The Kier molecular flexibility index (Phi) is 7.38. The molecular weight excluding hydrogens is 554 g/mol. The lowest BCUT2D eigenvalue weighted by atomic mass is 9.77. The number of nitrogens with zero attached hydrogens (tertiary/aromatic N) is 6. The molecule has 0 aromatic carbocycles. The number of alkyl halides is 2.